The first kappa shape index (κ1) is 15.8. The Morgan fingerprint density at radius 2 is 2.05 bits per heavy atom. The molecule has 1 saturated heterocycles. The molecule has 1 saturated carbocycles. The average Bonchev–Trinajstić information content (AvgIpc) is 3.15. The normalized spacial score (nSPS) is 28.1. The van der Waals surface area contributed by atoms with Gasteiger partial charge in [-0.05, 0) is 55.9 Å². The number of carbonyl (C=O) groups excluding carboxylic acids is 1. The van der Waals surface area contributed by atoms with Crippen LogP contribution in [0.15, 0.2) is 28.7 Å². The molecule has 3 unspecified atom stereocenters. The highest BCUT2D eigenvalue weighted by Gasteiger charge is 2.29. The number of rotatable bonds is 4. The van der Waals surface area contributed by atoms with E-state index in [9.17, 15) is 4.79 Å². The van der Waals surface area contributed by atoms with Crippen LogP contribution in [-0.2, 0) is 4.79 Å². The topological polar surface area (TPSA) is 58.4 Å². The maximum Gasteiger partial charge on any atom is 0.223 e. The number of nitrogens with zero attached hydrogens (tertiary/aromatic N) is 1. The van der Waals surface area contributed by atoms with Gasteiger partial charge in [0.25, 0.3) is 0 Å². The van der Waals surface area contributed by atoms with E-state index < -0.39 is 0 Å². The molecule has 0 radical (unpaired) electrons. The van der Waals surface area contributed by atoms with Crippen molar-refractivity contribution in [2.75, 3.05) is 24.5 Å². The van der Waals surface area contributed by atoms with Gasteiger partial charge in [0.2, 0.25) is 5.91 Å². The molecule has 1 heterocycles. The Bertz CT molecular complexity index is 519. The second-order valence-corrected chi connectivity index (χ2v) is 7.51. The minimum atomic E-state index is 0.138. The molecule has 1 aliphatic carbocycles. The van der Waals surface area contributed by atoms with Crippen molar-refractivity contribution < 1.29 is 4.79 Å². The van der Waals surface area contributed by atoms with Crippen molar-refractivity contribution in [3.63, 3.8) is 0 Å². The predicted molar refractivity (Wildman–Crippen MR) is 92.8 cm³/mol. The number of hydrogen-bond donors (Lipinski definition) is 2. The fraction of sp³-hybridized carbons (Fsp3) is 0.588. The summed E-state index contributed by atoms with van der Waals surface area (Å²) in [6.45, 7) is 2.88. The molecule has 2 fully saturated rings. The standard InChI is InChI=1S/C17H24BrN3O/c18-14-2-5-16(6-3-14)21-8-7-12(11-21)10-20-17(22)13-1-4-15(19)9-13/h2-3,5-6,12-13,15H,1,4,7-11,19H2,(H,20,22). The van der Waals surface area contributed by atoms with Crippen LogP contribution in [0.4, 0.5) is 5.69 Å². The molecule has 120 valence electrons. The molecule has 0 aromatic heterocycles. The van der Waals surface area contributed by atoms with Gasteiger partial charge in [0.05, 0.1) is 0 Å². The summed E-state index contributed by atoms with van der Waals surface area (Å²) in [7, 11) is 0. The first-order chi connectivity index (χ1) is 10.6. The Hall–Kier alpha value is -1.07. The molecule has 0 spiro atoms. The predicted octanol–water partition coefficient (Wildman–Crippen LogP) is 2.52. The molecule has 22 heavy (non-hydrogen) atoms. The van der Waals surface area contributed by atoms with Gasteiger partial charge in [-0.15, -0.1) is 0 Å². The molecule has 3 rings (SSSR count). The van der Waals surface area contributed by atoms with Crippen LogP contribution in [0.25, 0.3) is 0 Å². The maximum absolute atomic E-state index is 12.2. The lowest BCUT2D eigenvalue weighted by Crippen LogP contribution is -2.35. The van der Waals surface area contributed by atoms with E-state index in [4.69, 9.17) is 5.73 Å². The van der Waals surface area contributed by atoms with E-state index in [1.807, 2.05) is 0 Å². The van der Waals surface area contributed by atoms with E-state index in [1.54, 1.807) is 0 Å². The molecule has 1 aliphatic heterocycles. The summed E-state index contributed by atoms with van der Waals surface area (Å²) in [5.74, 6) is 0.886. The first-order valence-corrected chi connectivity index (χ1v) is 8.95. The van der Waals surface area contributed by atoms with Gasteiger partial charge in [0, 0.05) is 41.8 Å². The molecule has 5 heteroatoms. The molecule has 1 aromatic carbocycles. The largest absolute Gasteiger partial charge is 0.371 e. The van der Waals surface area contributed by atoms with Crippen LogP contribution in [0.2, 0.25) is 0 Å². The van der Waals surface area contributed by atoms with Crippen molar-refractivity contribution in [1.29, 1.82) is 0 Å². The molecule has 1 amide bonds. The summed E-state index contributed by atoms with van der Waals surface area (Å²) in [6.07, 6.45) is 3.92. The van der Waals surface area contributed by atoms with Crippen LogP contribution in [0, 0.1) is 11.8 Å². The van der Waals surface area contributed by atoms with Crippen LogP contribution in [0.3, 0.4) is 0 Å². The zero-order chi connectivity index (χ0) is 15.5. The minimum Gasteiger partial charge on any atom is -0.371 e. The zero-order valence-corrected chi connectivity index (χ0v) is 14.4. The summed E-state index contributed by atoms with van der Waals surface area (Å²) in [5.41, 5.74) is 7.15. The van der Waals surface area contributed by atoms with Gasteiger partial charge in [-0.2, -0.15) is 0 Å². The Labute approximate surface area is 140 Å². The number of nitrogens with two attached hydrogens (primary N) is 1. The quantitative estimate of drug-likeness (QED) is 0.861. The second-order valence-electron chi connectivity index (χ2n) is 6.59. The molecule has 0 bridgehead atoms. The average molecular weight is 366 g/mol. The van der Waals surface area contributed by atoms with E-state index in [0.29, 0.717) is 5.92 Å². The van der Waals surface area contributed by atoms with Crippen molar-refractivity contribution in [2.24, 2.45) is 17.6 Å². The third kappa shape index (κ3) is 3.82. The summed E-state index contributed by atoms with van der Waals surface area (Å²) < 4.78 is 1.11. The highest BCUT2D eigenvalue weighted by Crippen LogP contribution is 2.26. The van der Waals surface area contributed by atoms with Crippen LogP contribution in [0.5, 0.6) is 0 Å². The van der Waals surface area contributed by atoms with Gasteiger partial charge >= 0.3 is 0 Å². The summed E-state index contributed by atoms with van der Waals surface area (Å²) >= 11 is 3.47. The Balaban J connectivity index is 1.45. The van der Waals surface area contributed by atoms with Crippen molar-refractivity contribution in [2.45, 2.75) is 31.7 Å². The number of hydrogen-bond acceptors (Lipinski definition) is 3. The highest BCUT2D eigenvalue weighted by atomic mass is 79.9. The minimum absolute atomic E-state index is 0.138. The number of benzene rings is 1. The van der Waals surface area contributed by atoms with E-state index in [1.165, 1.54) is 5.69 Å². The fourth-order valence-corrected chi connectivity index (χ4v) is 3.79. The molecule has 3 N–H and O–H groups in total. The summed E-state index contributed by atoms with van der Waals surface area (Å²) in [5, 5.41) is 3.14. The Kier molecular flexibility index (Phi) is 5.03. The monoisotopic (exact) mass is 365 g/mol. The molecule has 4 nitrogen and oxygen atoms in total. The van der Waals surface area contributed by atoms with Crippen LogP contribution in [-0.4, -0.2) is 31.6 Å². The molecule has 2 aliphatic rings. The van der Waals surface area contributed by atoms with Crippen LogP contribution in [0.1, 0.15) is 25.7 Å². The third-order valence-corrected chi connectivity index (χ3v) is 5.42. The van der Waals surface area contributed by atoms with E-state index >= 15 is 0 Å². The number of amides is 1. The van der Waals surface area contributed by atoms with E-state index in [2.05, 4.69) is 50.4 Å². The Morgan fingerprint density at radius 3 is 2.73 bits per heavy atom. The lowest BCUT2D eigenvalue weighted by atomic mass is 10.1. The van der Waals surface area contributed by atoms with Crippen molar-refractivity contribution in [3.05, 3.63) is 28.7 Å². The fourth-order valence-electron chi connectivity index (χ4n) is 3.53. The SMILES string of the molecule is NC1CCC(C(=O)NCC2CCN(c3ccc(Br)cc3)C2)C1. The molecule has 3 atom stereocenters. The lowest BCUT2D eigenvalue weighted by molar-refractivity contribution is -0.125. The van der Waals surface area contributed by atoms with Crippen LogP contribution >= 0.6 is 15.9 Å². The third-order valence-electron chi connectivity index (χ3n) is 4.89. The Morgan fingerprint density at radius 1 is 1.27 bits per heavy atom. The van der Waals surface area contributed by atoms with Gasteiger partial charge in [-0.3, -0.25) is 4.79 Å². The van der Waals surface area contributed by atoms with Gasteiger partial charge in [0.15, 0.2) is 0 Å². The molecular formula is C17H24BrN3O. The van der Waals surface area contributed by atoms with Crippen molar-refractivity contribution in [3.8, 4) is 0 Å². The van der Waals surface area contributed by atoms with Gasteiger partial charge in [-0.25, -0.2) is 0 Å². The van der Waals surface area contributed by atoms with E-state index in [-0.39, 0.29) is 17.9 Å². The number of halogens is 1. The van der Waals surface area contributed by atoms with Gasteiger partial charge in [0.1, 0.15) is 0 Å². The first-order valence-electron chi connectivity index (χ1n) is 8.15. The number of carbonyl (C=O) groups is 1. The number of nitrogens with one attached hydrogen (secondary N) is 1. The second kappa shape index (κ2) is 7.01. The maximum atomic E-state index is 12.2. The smallest absolute Gasteiger partial charge is 0.223 e. The zero-order valence-electron chi connectivity index (χ0n) is 12.8. The number of anilines is 1. The van der Waals surface area contributed by atoms with Crippen molar-refractivity contribution >= 4 is 27.5 Å². The lowest BCUT2D eigenvalue weighted by Gasteiger charge is -2.19. The molecule has 1 aromatic rings. The summed E-state index contributed by atoms with van der Waals surface area (Å²) in [6, 6.07) is 8.66. The van der Waals surface area contributed by atoms with Crippen molar-refractivity contribution in [1.82, 2.24) is 5.32 Å². The van der Waals surface area contributed by atoms with Gasteiger partial charge < -0.3 is 16.0 Å². The van der Waals surface area contributed by atoms with E-state index in [0.717, 1.165) is 49.8 Å². The summed E-state index contributed by atoms with van der Waals surface area (Å²) in [4.78, 5) is 14.5. The molecular weight excluding hydrogens is 342 g/mol. The highest BCUT2D eigenvalue weighted by molar-refractivity contribution is 9.10. The van der Waals surface area contributed by atoms with Gasteiger partial charge in [-0.1, -0.05) is 15.9 Å². The van der Waals surface area contributed by atoms with Crippen LogP contribution < -0.4 is 16.0 Å².